The molecule has 2 N–H and O–H groups in total. The molecule has 2 aliphatic heterocycles. The van der Waals surface area contributed by atoms with Crippen LogP contribution in [0.15, 0.2) is 11.1 Å². The van der Waals surface area contributed by atoms with Crippen LogP contribution in [0.4, 0.5) is 0 Å². The minimum absolute atomic E-state index is 0.859. The number of halogens is 1. The quantitative estimate of drug-likeness (QED) is 0.671. The third-order valence-corrected chi connectivity index (χ3v) is 5.21. The van der Waals surface area contributed by atoms with Crippen molar-refractivity contribution in [2.24, 2.45) is 11.8 Å². The molecule has 4 heteroatoms. The Bertz CT molecular complexity index is 315. The lowest BCUT2D eigenvalue weighted by Crippen LogP contribution is -3.20. The molecular weight excluding hydrogens is 248 g/mol. The number of nitrogens with one attached hydrogen (secondary N) is 2. The van der Waals surface area contributed by atoms with E-state index < -0.39 is 0 Å². The maximum absolute atomic E-state index is 6.16. The van der Waals surface area contributed by atoms with Gasteiger partial charge in [-0.15, -0.1) is 0 Å². The normalized spacial score (nSPS) is 37.4. The minimum atomic E-state index is 0.859. The predicted octanol–water partition coefficient (Wildman–Crippen LogP) is -1.05. The number of ether oxygens (including phenoxy) is 1. The molecule has 2 saturated heterocycles. The summed E-state index contributed by atoms with van der Waals surface area (Å²) in [5.74, 6) is 1.76. The standard InChI is InChI=1S/C14H23ClN2O/c15-14-2-1-12-10-17(11-13(12)9-14)4-3-16-5-7-18-8-6-16/h2,12-13H,1,3-11H2/p+2/t12-,13+/m1/s1. The van der Waals surface area contributed by atoms with Gasteiger partial charge in [-0.25, -0.2) is 0 Å². The van der Waals surface area contributed by atoms with Crippen LogP contribution in [-0.4, -0.2) is 52.5 Å². The van der Waals surface area contributed by atoms with Gasteiger partial charge in [0.25, 0.3) is 0 Å². The van der Waals surface area contributed by atoms with Gasteiger partial charge in [0.05, 0.1) is 26.3 Å². The van der Waals surface area contributed by atoms with E-state index in [0.717, 1.165) is 36.5 Å². The van der Waals surface area contributed by atoms with Crippen molar-refractivity contribution in [3.05, 3.63) is 11.1 Å². The summed E-state index contributed by atoms with van der Waals surface area (Å²) in [6.45, 7) is 9.68. The second-order valence-corrected chi connectivity index (χ2v) is 6.62. The third-order valence-electron chi connectivity index (χ3n) is 4.90. The first-order chi connectivity index (χ1) is 8.81. The van der Waals surface area contributed by atoms with Crippen LogP contribution in [0, 0.1) is 11.8 Å². The van der Waals surface area contributed by atoms with Gasteiger partial charge in [0.1, 0.15) is 26.2 Å². The zero-order valence-electron chi connectivity index (χ0n) is 11.1. The number of fused-ring (bicyclic) bond motifs is 1. The third kappa shape index (κ3) is 3.08. The molecule has 0 aromatic heterocycles. The van der Waals surface area contributed by atoms with Gasteiger partial charge in [-0.2, -0.15) is 0 Å². The second kappa shape index (κ2) is 5.91. The highest BCUT2D eigenvalue weighted by Crippen LogP contribution is 2.31. The summed E-state index contributed by atoms with van der Waals surface area (Å²) in [6, 6.07) is 0. The van der Waals surface area contributed by atoms with Crippen LogP contribution in [0.2, 0.25) is 0 Å². The maximum Gasteiger partial charge on any atom is 0.127 e. The van der Waals surface area contributed by atoms with E-state index in [1.54, 1.807) is 4.90 Å². The molecule has 0 saturated carbocycles. The molecule has 3 rings (SSSR count). The molecule has 3 aliphatic rings. The van der Waals surface area contributed by atoms with E-state index in [9.17, 15) is 0 Å². The molecule has 0 amide bonds. The second-order valence-electron chi connectivity index (χ2n) is 6.13. The molecule has 0 radical (unpaired) electrons. The Morgan fingerprint density at radius 1 is 1.11 bits per heavy atom. The van der Waals surface area contributed by atoms with Crippen LogP contribution in [0.25, 0.3) is 0 Å². The van der Waals surface area contributed by atoms with Gasteiger partial charge in [0.15, 0.2) is 0 Å². The lowest BCUT2D eigenvalue weighted by atomic mass is 9.86. The van der Waals surface area contributed by atoms with E-state index >= 15 is 0 Å². The van der Waals surface area contributed by atoms with Crippen molar-refractivity contribution < 1.29 is 14.5 Å². The smallest absolute Gasteiger partial charge is 0.127 e. The lowest BCUT2D eigenvalue weighted by Gasteiger charge is -2.24. The van der Waals surface area contributed by atoms with Crippen molar-refractivity contribution >= 4 is 11.6 Å². The van der Waals surface area contributed by atoms with Crippen molar-refractivity contribution in [3.63, 3.8) is 0 Å². The van der Waals surface area contributed by atoms with Gasteiger partial charge in [-0.05, 0) is 12.8 Å². The Balaban J connectivity index is 1.43. The topological polar surface area (TPSA) is 18.1 Å². The fourth-order valence-corrected chi connectivity index (χ4v) is 4.04. The van der Waals surface area contributed by atoms with E-state index in [-0.39, 0.29) is 0 Å². The summed E-state index contributed by atoms with van der Waals surface area (Å²) in [5, 5.41) is 1.11. The molecule has 1 aliphatic carbocycles. The lowest BCUT2D eigenvalue weighted by molar-refractivity contribution is -0.957. The van der Waals surface area contributed by atoms with E-state index in [1.807, 2.05) is 4.90 Å². The fraction of sp³-hybridized carbons (Fsp3) is 0.857. The summed E-state index contributed by atoms with van der Waals surface area (Å²) in [7, 11) is 0. The first-order valence-corrected chi connectivity index (χ1v) is 7.78. The monoisotopic (exact) mass is 272 g/mol. The van der Waals surface area contributed by atoms with Crippen molar-refractivity contribution in [1.29, 1.82) is 0 Å². The van der Waals surface area contributed by atoms with Gasteiger partial charge in [-0.1, -0.05) is 17.7 Å². The van der Waals surface area contributed by atoms with Crippen LogP contribution < -0.4 is 9.80 Å². The SMILES string of the molecule is ClC1=CC[C@@H]2C[NH+](CC[NH+]3CCOCC3)C[C@@H]2C1. The Morgan fingerprint density at radius 3 is 2.67 bits per heavy atom. The molecule has 2 heterocycles. The number of likely N-dealkylation sites (tertiary alicyclic amines) is 1. The van der Waals surface area contributed by atoms with Crippen LogP contribution in [0.5, 0.6) is 0 Å². The zero-order valence-corrected chi connectivity index (χ0v) is 11.8. The molecule has 0 aromatic rings. The average molecular weight is 273 g/mol. The fourth-order valence-electron chi connectivity index (χ4n) is 3.75. The van der Waals surface area contributed by atoms with E-state index in [1.165, 1.54) is 45.7 Å². The van der Waals surface area contributed by atoms with Crippen LogP contribution in [-0.2, 0) is 4.74 Å². The number of hydrogen-bond acceptors (Lipinski definition) is 1. The van der Waals surface area contributed by atoms with E-state index in [2.05, 4.69) is 6.08 Å². The van der Waals surface area contributed by atoms with Gasteiger partial charge in [0.2, 0.25) is 0 Å². The number of allylic oxidation sites excluding steroid dienone is 2. The maximum atomic E-state index is 6.16. The molecular formula is C14H25ClN2O+2. The minimum Gasteiger partial charge on any atom is -0.370 e. The van der Waals surface area contributed by atoms with Crippen LogP contribution in [0.1, 0.15) is 12.8 Å². The van der Waals surface area contributed by atoms with Gasteiger partial charge < -0.3 is 14.5 Å². The largest absolute Gasteiger partial charge is 0.370 e. The number of hydrogen-bond donors (Lipinski definition) is 2. The molecule has 2 fully saturated rings. The summed E-state index contributed by atoms with van der Waals surface area (Å²) >= 11 is 6.16. The molecule has 18 heavy (non-hydrogen) atoms. The number of quaternary nitrogens is 2. The summed E-state index contributed by atoms with van der Waals surface area (Å²) in [5.41, 5.74) is 0. The van der Waals surface area contributed by atoms with Gasteiger partial charge in [-0.3, -0.25) is 0 Å². The molecule has 1 unspecified atom stereocenters. The van der Waals surface area contributed by atoms with Crippen molar-refractivity contribution in [3.8, 4) is 0 Å². The number of rotatable bonds is 3. The van der Waals surface area contributed by atoms with Crippen LogP contribution in [0.3, 0.4) is 0 Å². The highest BCUT2D eigenvalue weighted by Gasteiger charge is 2.38. The predicted molar refractivity (Wildman–Crippen MR) is 72.1 cm³/mol. The number of morpholine rings is 1. The Labute approximate surface area is 115 Å². The Hall–Kier alpha value is -0.0900. The zero-order chi connectivity index (χ0) is 12.4. The molecule has 3 atom stereocenters. The van der Waals surface area contributed by atoms with Crippen molar-refractivity contribution in [1.82, 2.24) is 0 Å². The Morgan fingerprint density at radius 2 is 1.83 bits per heavy atom. The van der Waals surface area contributed by atoms with Gasteiger partial charge >= 0.3 is 0 Å². The first kappa shape index (κ1) is 12.9. The van der Waals surface area contributed by atoms with E-state index in [0.29, 0.717) is 0 Å². The molecule has 102 valence electrons. The molecule has 0 bridgehead atoms. The first-order valence-electron chi connectivity index (χ1n) is 7.40. The molecule has 3 nitrogen and oxygen atoms in total. The van der Waals surface area contributed by atoms with Gasteiger partial charge in [0, 0.05) is 16.9 Å². The Kier molecular flexibility index (Phi) is 4.24. The van der Waals surface area contributed by atoms with Crippen molar-refractivity contribution in [2.45, 2.75) is 12.8 Å². The summed E-state index contributed by atoms with van der Waals surface area (Å²) in [4.78, 5) is 3.54. The van der Waals surface area contributed by atoms with Crippen LogP contribution >= 0.6 is 11.6 Å². The molecule has 0 aromatic carbocycles. The average Bonchev–Trinajstić information content (AvgIpc) is 2.79. The highest BCUT2D eigenvalue weighted by atomic mass is 35.5. The molecule has 0 spiro atoms. The van der Waals surface area contributed by atoms with Crippen molar-refractivity contribution in [2.75, 3.05) is 52.5 Å². The summed E-state index contributed by atoms with van der Waals surface area (Å²) in [6.07, 6.45) is 4.61. The van der Waals surface area contributed by atoms with E-state index in [4.69, 9.17) is 16.3 Å². The summed E-state index contributed by atoms with van der Waals surface area (Å²) < 4.78 is 5.41. The highest BCUT2D eigenvalue weighted by molar-refractivity contribution is 6.29.